The van der Waals surface area contributed by atoms with Gasteiger partial charge in [0.2, 0.25) is 15.9 Å². The van der Waals surface area contributed by atoms with Crippen molar-refractivity contribution in [3.05, 3.63) is 59.2 Å². The van der Waals surface area contributed by atoms with Crippen molar-refractivity contribution in [2.75, 3.05) is 38.1 Å². The largest absolute Gasteiger partial charge is 0.494 e. The molecular formula is C27H33ClN4O4S. The first-order valence-corrected chi connectivity index (χ1v) is 14.4. The van der Waals surface area contributed by atoms with Gasteiger partial charge < -0.3 is 15.4 Å². The Morgan fingerprint density at radius 1 is 1.19 bits per heavy atom. The number of hydrogen-bond acceptors (Lipinski definition) is 6. The monoisotopic (exact) mass is 544 g/mol. The number of nitrogens with zero attached hydrogens (tertiary/aromatic N) is 2. The normalized spacial score (nSPS) is 16.5. The maximum absolute atomic E-state index is 13.3. The maximum Gasteiger partial charge on any atom is 0.243 e. The average Bonchev–Trinajstić information content (AvgIpc) is 2.89. The maximum atomic E-state index is 13.3. The van der Waals surface area contributed by atoms with E-state index in [4.69, 9.17) is 16.3 Å². The van der Waals surface area contributed by atoms with Crippen LogP contribution in [0.1, 0.15) is 31.7 Å². The molecule has 4 rings (SSSR count). The molecule has 3 aromatic rings. The summed E-state index contributed by atoms with van der Waals surface area (Å²) in [6, 6.07) is 12.4. The zero-order chi connectivity index (χ0) is 26.4. The van der Waals surface area contributed by atoms with E-state index in [-0.39, 0.29) is 23.3 Å². The minimum Gasteiger partial charge on any atom is -0.494 e. The van der Waals surface area contributed by atoms with Crippen LogP contribution in [-0.4, -0.2) is 56.4 Å². The Hall–Kier alpha value is -2.88. The fourth-order valence-corrected chi connectivity index (χ4v) is 6.34. The SMILES string of the molecule is CCOc1ccc(S(=O)(=O)N2CCC[C@H](C(=O)NCCCNc3ccnc4cc(Cl)ccc34)C2)cc1C. The third kappa shape index (κ3) is 6.52. The van der Waals surface area contributed by atoms with Gasteiger partial charge in [-0.3, -0.25) is 9.78 Å². The molecule has 37 heavy (non-hydrogen) atoms. The van der Waals surface area contributed by atoms with Crippen LogP contribution in [0.3, 0.4) is 0 Å². The first-order valence-electron chi connectivity index (χ1n) is 12.6. The lowest BCUT2D eigenvalue weighted by molar-refractivity contribution is -0.126. The van der Waals surface area contributed by atoms with Crippen molar-refractivity contribution in [3.63, 3.8) is 0 Å². The number of nitrogens with one attached hydrogen (secondary N) is 2. The van der Waals surface area contributed by atoms with Crippen molar-refractivity contribution in [2.24, 2.45) is 5.92 Å². The Labute approximate surface area is 223 Å². The highest BCUT2D eigenvalue weighted by atomic mass is 35.5. The van der Waals surface area contributed by atoms with Crippen LogP contribution < -0.4 is 15.4 Å². The van der Waals surface area contributed by atoms with E-state index in [9.17, 15) is 13.2 Å². The van der Waals surface area contributed by atoms with Crippen LogP contribution in [0, 0.1) is 12.8 Å². The molecule has 1 atom stereocenters. The van der Waals surface area contributed by atoms with Gasteiger partial charge >= 0.3 is 0 Å². The number of fused-ring (bicyclic) bond motifs is 1. The van der Waals surface area contributed by atoms with E-state index in [1.165, 1.54) is 4.31 Å². The van der Waals surface area contributed by atoms with Crippen LogP contribution in [0.5, 0.6) is 5.75 Å². The van der Waals surface area contributed by atoms with Crippen LogP contribution in [0.2, 0.25) is 5.02 Å². The minimum absolute atomic E-state index is 0.105. The number of ether oxygens (including phenoxy) is 1. The lowest BCUT2D eigenvalue weighted by Crippen LogP contribution is -2.45. The number of aryl methyl sites for hydroxylation is 1. The molecule has 8 nitrogen and oxygen atoms in total. The van der Waals surface area contributed by atoms with E-state index in [0.717, 1.165) is 28.6 Å². The number of halogens is 1. The Bertz CT molecular complexity index is 1370. The van der Waals surface area contributed by atoms with E-state index in [0.29, 0.717) is 49.9 Å². The summed E-state index contributed by atoms with van der Waals surface area (Å²) in [5, 5.41) is 8.00. The number of carbonyl (C=O) groups excluding carboxylic acids is 1. The second-order valence-electron chi connectivity index (χ2n) is 9.15. The van der Waals surface area contributed by atoms with Crippen molar-refractivity contribution >= 4 is 44.1 Å². The smallest absolute Gasteiger partial charge is 0.243 e. The quantitative estimate of drug-likeness (QED) is 0.361. The van der Waals surface area contributed by atoms with Gasteiger partial charge in [-0.05, 0) is 81.1 Å². The molecule has 0 aliphatic carbocycles. The topological polar surface area (TPSA) is 101 Å². The van der Waals surface area contributed by atoms with Gasteiger partial charge in [-0.2, -0.15) is 4.31 Å². The predicted molar refractivity (Wildman–Crippen MR) is 147 cm³/mol. The number of pyridine rings is 1. The number of amides is 1. The van der Waals surface area contributed by atoms with Gasteiger partial charge in [0, 0.05) is 48.5 Å². The van der Waals surface area contributed by atoms with Gasteiger partial charge in [-0.25, -0.2) is 8.42 Å². The fraction of sp³-hybridized carbons (Fsp3) is 0.407. The number of hydrogen-bond donors (Lipinski definition) is 2. The van der Waals surface area contributed by atoms with E-state index < -0.39 is 10.0 Å². The second-order valence-corrected chi connectivity index (χ2v) is 11.5. The zero-order valence-corrected chi connectivity index (χ0v) is 22.7. The van der Waals surface area contributed by atoms with E-state index >= 15 is 0 Å². The molecule has 10 heteroatoms. The number of sulfonamides is 1. The number of anilines is 1. The molecule has 1 aliphatic heterocycles. The van der Waals surface area contributed by atoms with Crippen molar-refractivity contribution in [2.45, 2.75) is 38.0 Å². The third-order valence-corrected chi connectivity index (χ3v) is 8.61. The summed E-state index contributed by atoms with van der Waals surface area (Å²) in [5.74, 6) is 0.203. The van der Waals surface area contributed by atoms with Crippen molar-refractivity contribution < 1.29 is 17.9 Å². The second kappa shape index (κ2) is 12.1. The fourth-order valence-electron chi connectivity index (χ4n) is 4.57. The van der Waals surface area contributed by atoms with E-state index in [2.05, 4.69) is 15.6 Å². The van der Waals surface area contributed by atoms with Gasteiger partial charge in [-0.1, -0.05) is 11.6 Å². The lowest BCUT2D eigenvalue weighted by Gasteiger charge is -2.31. The van der Waals surface area contributed by atoms with Gasteiger partial charge in [-0.15, -0.1) is 0 Å². The van der Waals surface area contributed by atoms with Gasteiger partial charge in [0.25, 0.3) is 0 Å². The molecule has 1 aromatic heterocycles. The molecule has 0 radical (unpaired) electrons. The van der Waals surface area contributed by atoms with Crippen molar-refractivity contribution in [1.29, 1.82) is 0 Å². The summed E-state index contributed by atoms with van der Waals surface area (Å²) in [4.78, 5) is 17.4. The lowest BCUT2D eigenvalue weighted by atomic mass is 9.99. The highest BCUT2D eigenvalue weighted by Gasteiger charge is 2.33. The summed E-state index contributed by atoms with van der Waals surface area (Å²) in [7, 11) is -3.69. The first kappa shape index (κ1) is 27.2. The highest BCUT2D eigenvalue weighted by molar-refractivity contribution is 7.89. The van der Waals surface area contributed by atoms with Crippen LogP contribution in [0.15, 0.2) is 53.6 Å². The number of benzene rings is 2. The minimum atomic E-state index is -3.69. The third-order valence-electron chi connectivity index (χ3n) is 6.51. The van der Waals surface area contributed by atoms with Crippen LogP contribution in [0.25, 0.3) is 10.9 Å². The van der Waals surface area contributed by atoms with Gasteiger partial charge in [0.1, 0.15) is 5.75 Å². The molecule has 1 saturated heterocycles. The molecule has 2 aromatic carbocycles. The van der Waals surface area contributed by atoms with Crippen LogP contribution in [-0.2, 0) is 14.8 Å². The number of carbonyl (C=O) groups is 1. The van der Waals surface area contributed by atoms with Crippen LogP contribution >= 0.6 is 11.6 Å². The summed E-state index contributed by atoms with van der Waals surface area (Å²) < 4.78 is 33.5. The molecule has 198 valence electrons. The van der Waals surface area contributed by atoms with E-state index in [1.807, 2.05) is 38.1 Å². The van der Waals surface area contributed by atoms with Gasteiger partial charge in [0.05, 0.1) is 22.9 Å². The summed E-state index contributed by atoms with van der Waals surface area (Å²) >= 11 is 6.06. The molecule has 1 aliphatic rings. The molecule has 0 spiro atoms. The molecule has 1 fully saturated rings. The standard InChI is InChI=1S/C27H33ClN4O4S/c1-3-36-26-10-8-22(16-19(26)2)37(34,35)32-15-4-6-20(18-32)27(33)31-13-5-12-29-24-11-14-30-25-17-21(28)7-9-23(24)25/h7-11,14,16-17,20H,3-6,12-13,15,18H2,1-2H3,(H,29,30)(H,31,33)/t20-/m0/s1. The van der Waals surface area contributed by atoms with Crippen molar-refractivity contribution in [3.8, 4) is 5.75 Å². The zero-order valence-electron chi connectivity index (χ0n) is 21.2. The first-order chi connectivity index (χ1) is 17.8. The number of rotatable bonds is 10. The molecule has 0 saturated carbocycles. The summed E-state index contributed by atoms with van der Waals surface area (Å²) in [6.45, 7) is 6.00. The summed E-state index contributed by atoms with van der Waals surface area (Å²) in [5.41, 5.74) is 2.56. The molecular weight excluding hydrogens is 512 g/mol. The van der Waals surface area contributed by atoms with Crippen molar-refractivity contribution in [1.82, 2.24) is 14.6 Å². The Kier molecular flexibility index (Phi) is 8.89. The number of aromatic nitrogens is 1. The van der Waals surface area contributed by atoms with Gasteiger partial charge in [0.15, 0.2) is 0 Å². The molecule has 2 heterocycles. The Balaban J connectivity index is 1.28. The predicted octanol–water partition coefficient (Wildman–Crippen LogP) is 4.61. The molecule has 0 bridgehead atoms. The van der Waals surface area contributed by atoms with E-state index in [1.54, 1.807) is 24.4 Å². The summed E-state index contributed by atoms with van der Waals surface area (Å²) in [6.07, 6.45) is 3.78. The van der Waals surface area contributed by atoms with Crippen LogP contribution in [0.4, 0.5) is 5.69 Å². The Morgan fingerprint density at radius 2 is 2.03 bits per heavy atom. The molecule has 1 amide bonds. The highest BCUT2D eigenvalue weighted by Crippen LogP contribution is 2.28. The average molecular weight is 545 g/mol. The molecule has 0 unspecified atom stereocenters. The number of piperidine rings is 1. The molecule has 2 N–H and O–H groups in total. The Morgan fingerprint density at radius 3 is 2.81 bits per heavy atom.